The third-order valence-corrected chi connectivity index (χ3v) is 4.88. The summed E-state index contributed by atoms with van der Waals surface area (Å²) in [5.74, 6) is -0.166. The second kappa shape index (κ2) is 5.51. The average Bonchev–Trinajstić information content (AvgIpc) is 3.05. The number of amides is 1. The summed E-state index contributed by atoms with van der Waals surface area (Å²) in [5.41, 5.74) is 6.01. The van der Waals surface area contributed by atoms with Crippen LogP contribution in [0.25, 0.3) is 0 Å². The summed E-state index contributed by atoms with van der Waals surface area (Å²) in [6, 6.07) is 15.4. The summed E-state index contributed by atoms with van der Waals surface area (Å²) >= 11 is 11.5. The molecule has 6 heteroatoms. The van der Waals surface area contributed by atoms with E-state index in [1.807, 2.05) is 30.3 Å². The monoisotopic (exact) mass is 343 g/mol. The number of hydrogen-bond donors (Lipinski definition) is 2. The number of hydrogen-bond acceptors (Lipinski definition) is 2. The number of hydrazine groups is 1. The molecule has 0 spiro atoms. The van der Waals surface area contributed by atoms with Gasteiger partial charge in [0.2, 0.25) is 5.91 Å². The maximum Gasteiger partial charge on any atom is 0.248 e. The van der Waals surface area contributed by atoms with Crippen LogP contribution in [0.1, 0.15) is 17.0 Å². The Balaban J connectivity index is 1.57. The van der Waals surface area contributed by atoms with Gasteiger partial charge in [0.1, 0.15) is 0 Å². The predicted octanol–water partition coefficient (Wildman–Crippen LogP) is 3.09. The highest BCUT2D eigenvalue weighted by molar-refractivity contribution is 7.80. The predicted molar refractivity (Wildman–Crippen MR) is 94.3 cm³/mol. The Kier molecular flexibility index (Phi) is 3.47. The minimum Gasteiger partial charge on any atom is -0.331 e. The van der Waals surface area contributed by atoms with Crippen molar-refractivity contribution in [2.75, 3.05) is 5.32 Å². The smallest absolute Gasteiger partial charge is 0.248 e. The zero-order chi connectivity index (χ0) is 16.0. The number of fused-ring (bicyclic) bond motifs is 3. The van der Waals surface area contributed by atoms with Crippen LogP contribution in [0.15, 0.2) is 48.5 Å². The maximum atomic E-state index is 12.4. The van der Waals surface area contributed by atoms with Crippen molar-refractivity contribution in [3.8, 4) is 0 Å². The normalized spacial score (nSPS) is 21.6. The topological polar surface area (TPSA) is 44.4 Å². The highest BCUT2D eigenvalue weighted by atomic mass is 35.5. The number of nitrogens with one attached hydrogen (secondary N) is 2. The third-order valence-electron chi connectivity index (χ3n) is 4.34. The number of halogens is 1. The van der Waals surface area contributed by atoms with E-state index in [4.69, 9.17) is 23.8 Å². The number of carbonyl (C=O) groups is 1. The van der Waals surface area contributed by atoms with Crippen LogP contribution >= 0.6 is 23.8 Å². The molecule has 2 unspecified atom stereocenters. The van der Waals surface area contributed by atoms with Crippen LogP contribution in [0.4, 0.5) is 5.69 Å². The highest BCUT2D eigenvalue weighted by Gasteiger charge is 2.47. The summed E-state index contributed by atoms with van der Waals surface area (Å²) in [6.07, 6.45) is 0.803. The number of rotatable bonds is 1. The van der Waals surface area contributed by atoms with Gasteiger partial charge >= 0.3 is 0 Å². The number of carbonyl (C=O) groups excluding carboxylic acids is 1. The molecule has 1 amide bonds. The zero-order valence-electron chi connectivity index (χ0n) is 12.1. The highest BCUT2D eigenvalue weighted by Crippen LogP contribution is 2.39. The Hall–Kier alpha value is -2.11. The first kappa shape index (κ1) is 14.5. The fourth-order valence-electron chi connectivity index (χ4n) is 3.35. The van der Waals surface area contributed by atoms with Gasteiger partial charge in [-0.15, -0.1) is 0 Å². The van der Waals surface area contributed by atoms with Gasteiger partial charge in [-0.05, 0) is 48.0 Å². The van der Waals surface area contributed by atoms with E-state index >= 15 is 0 Å². The van der Waals surface area contributed by atoms with Gasteiger partial charge in [0.25, 0.3) is 0 Å². The SMILES string of the molecule is O=C1NN(C(=S)Nc2cccc(Cl)c2)C2Cc3ccccc3C12. The maximum absolute atomic E-state index is 12.4. The van der Waals surface area contributed by atoms with E-state index in [9.17, 15) is 4.79 Å². The van der Waals surface area contributed by atoms with Crippen LogP contribution in [0.2, 0.25) is 5.02 Å². The van der Waals surface area contributed by atoms with Gasteiger partial charge in [-0.2, -0.15) is 0 Å². The first-order chi connectivity index (χ1) is 11.1. The van der Waals surface area contributed by atoms with Crippen LogP contribution in [0.3, 0.4) is 0 Å². The molecule has 4 rings (SSSR count). The molecule has 1 saturated heterocycles. The number of nitrogens with zero attached hydrogens (tertiary/aromatic N) is 1. The second-order valence-corrected chi connectivity index (χ2v) is 6.56. The number of anilines is 1. The van der Waals surface area contributed by atoms with Crippen LogP contribution in [0, 0.1) is 0 Å². The quantitative estimate of drug-likeness (QED) is 0.781. The molecular formula is C17H14ClN3OS. The molecule has 1 heterocycles. The van der Waals surface area contributed by atoms with E-state index in [2.05, 4.69) is 16.8 Å². The van der Waals surface area contributed by atoms with Gasteiger partial charge in [0.05, 0.1) is 12.0 Å². The summed E-state index contributed by atoms with van der Waals surface area (Å²) in [6.45, 7) is 0. The van der Waals surface area contributed by atoms with Crippen molar-refractivity contribution in [3.63, 3.8) is 0 Å². The van der Waals surface area contributed by atoms with E-state index in [0.717, 1.165) is 17.7 Å². The fraction of sp³-hybridized carbons (Fsp3) is 0.176. The summed E-state index contributed by atoms with van der Waals surface area (Å²) < 4.78 is 0. The van der Waals surface area contributed by atoms with Gasteiger partial charge in [-0.1, -0.05) is 41.9 Å². The summed E-state index contributed by atoms with van der Waals surface area (Å²) in [7, 11) is 0. The first-order valence-electron chi connectivity index (χ1n) is 7.37. The molecule has 0 saturated carbocycles. The lowest BCUT2D eigenvalue weighted by molar-refractivity contribution is -0.121. The van der Waals surface area contributed by atoms with E-state index in [1.54, 1.807) is 17.1 Å². The molecule has 2 aromatic rings. The lowest BCUT2D eigenvalue weighted by atomic mass is 9.99. The molecule has 0 bridgehead atoms. The Labute approximate surface area is 144 Å². The molecule has 1 aliphatic carbocycles. The first-order valence-corrected chi connectivity index (χ1v) is 8.16. The molecule has 0 radical (unpaired) electrons. The molecule has 116 valence electrons. The molecule has 1 fully saturated rings. The van der Waals surface area contributed by atoms with Crippen molar-refractivity contribution in [1.29, 1.82) is 0 Å². The van der Waals surface area contributed by atoms with Crippen LogP contribution < -0.4 is 10.7 Å². The molecule has 2 aliphatic rings. The molecule has 2 atom stereocenters. The van der Waals surface area contributed by atoms with E-state index in [1.165, 1.54) is 5.56 Å². The van der Waals surface area contributed by atoms with E-state index < -0.39 is 0 Å². The molecular weight excluding hydrogens is 330 g/mol. The zero-order valence-corrected chi connectivity index (χ0v) is 13.7. The third kappa shape index (κ3) is 2.46. The summed E-state index contributed by atoms with van der Waals surface area (Å²) in [5, 5.41) is 6.02. The van der Waals surface area contributed by atoms with E-state index in [0.29, 0.717) is 10.1 Å². The molecule has 0 aromatic heterocycles. The van der Waals surface area contributed by atoms with Crippen molar-refractivity contribution < 1.29 is 4.79 Å². The molecule has 2 aromatic carbocycles. The van der Waals surface area contributed by atoms with Crippen molar-refractivity contribution in [3.05, 3.63) is 64.7 Å². The van der Waals surface area contributed by atoms with Gasteiger partial charge in [-0.25, -0.2) is 0 Å². The molecule has 1 aliphatic heterocycles. The Morgan fingerprint density at radius 3 is 2.91 bits per heavy atom. The fourth-order valence-corrected chi connectivity index (χ4v) is 3.84. The van der Waals surface area contributed by atoms with Crippen LogP contribution in [-0.4, -0.2) is 22.1 Å². The van der Waals surface area contributed by atoms with Crippen molar-refractivity contribution in [1.82, 2.24) is 10.4 Å². The van der Waals surface area contributed by atoms with Gasteiger partial charge in [0.15, 0.2) is 5.11 Å². The summed E-state index contributed by atoms with van der Waals surface area (Å²) in [4.78, 5) is 12.4. The van der Waals surface area contributed by atoms with Crippen LogP contribution in [0.5, 0.6) is 0 Å². The van der Waals surface area contributed by atoms with E-state index in [-0.39, 0.29) is 17.9 Å². The molecule has 23 heavy (non-hydrogen) atoms. The van der Waals surface area contributed by atoms with Gasteiger partial charge in [0, 0.05) is 10.7 Å². The largest absolute Gasteiger partial charge is 0.331 e. The number of benzene rings is 2. The van der Waals surface area contributed by atoms with Crippen molar-refractivity contribution in [2.45, 2.75) is 18.4 Å². The lowest BCUT2D eigenvalue weighted by Crippen LogP contribution is -2.46. The molecule has 4 nitrogen and oxygen atoms in total. The minimum atomic E-state index is -0.162. The van der Waals surface area contributed by atoms with Crippen LogP contribution in [-0.2, 0) is 11.2 Å². The Morgan fingerprint density at radius 1 is 1.26 bits per heavy atom. The Morgan fingerprint density at radius 2 is 2.09 bits per heavy atom. The molecule has 2 N–H and O–H groups in total. The average molecular weight is 344 g/mol. The lowest BCUT2D eigenvalue weighted by Gasteiger charge is -2.25. The van der Waals surface area contributed by atoms with Crippen molar-refractivity contribution in [2.24, 2.45) is 0 Å². The standard InChI is InChI=1S/C17H14ClN3OS/c18-11-5-3-6-12(9-11)19-17(23)21-14-8-10-4-1-2-7-13(10)15(14)16(22)20-21/h1-7,9,14-15H,8H2,(H,19,23)(H,20,22). The van der Waals surface area contributed by atoms with Gasteiger partial charge in [-0.3, -0.25) is 15.2 Å². The van der Waals surface area contributed by atoms with Crippen molar-refractivity contribution >= 4 is 40.5 Å². The van der Waals surface area contributed by atoms with Gasteiger partial charge < -0.3 is 5.32 Å². The minimum absolute atomic E-state index is 0.00445. The second-order valence-electron chi connectivity index (χ2n) is 5.73. The number of thiocarbonyl (C=S) groups is 1. The Bertz CT molecular complexity index is 810.